The molecule has 2 aromatic rings. The van der Waals surface area contributed by atoms with Crippen molar-refractivity contribution < 1.29 is 12.8 Å². The quantitative estimate of drug-likeness (QED) is 0.855. The van der Waals surface area contributed by atoms with Gasteiger partial charge in [0.15, 0.2) is 0 Å². The number of rotatable bonds is 3. The van der Waals surface area contributed by atoms with Crippen molar-refractivity contribution >= 4 is 33.0 Å². The van der Waals surface area contributed by atoms with Crippen molar-refractivity contribution in [1.82, 2.24) is 0 Å². The first-order valence-electron chi connectivity index (χ1n) is 5.63. The van der Waals surface area contributed by atoms with Crippen LogP contribution in [0.4, 0.5) is 15.8 Å². The fourth-order valence-electron chi connectivity index (χ4n) is 1.56. The zero-order valence-electron chi connectivity index (χ0n) is 10.5. The lowest BCUT2D eigenvalue weighted by atomic mass is 10.2. The van der Waals surface area contributed by atoms with Crippen molar-refractivity contribution in [2.75, 3.05) is 10.5 Å². The van der Waals surface area contributed by atoms with E-state index in [9.17, 15) is 12.8 Å². The third kappa shape index (κ3) is 3.02. The second-order valence-corrected chi connectivity index (χ2v) is 6.37. The van der Waals surface area contributed by atoms with Crippen LogP contribution in [0, 0.1) is 12.7 Å². The normalized spacial score (nSPS) is 11.3. The third-order valence-electron chi connectivity index (χ3n) is 2.74. The van der Waals surface area contributed by atoms with Gasteiger partial charge in [-0.05, 0) is 42.8 Å². The summed E-state index contributed by atoms with van der Waals surface area (Å²) >= 11 is 5.61. The molecule has 20 heavy (non-hydrogen) atoms. The van der Waals surface area contributed by atoms with Crippen molar-refractivity contribution in [3.63, 3.8) is 0 Å². The second kappa shape index (κ2) is 5.30. The van der Waals surface area contributed by atoms with Gasteiger partial charge in [-0.15, -0.1) is 0 Å². The summed E-state index contributed by atoms with van der Waals surface area (Å²) in [6.07, 6.45) is 0. The average Bonchev–Trinajstić information content (AvgIpc) is 2.36. The van der Waals surface area contributed by atoms with Gasteiger partial charge in [-0.3, -0.25) is 4.72 Å². The highest BCUT2D eigenvalue weighted by Crippen LogP contribution is 2.23. The Morgan fingerprint density at radius 3 is 2.50 bits per heavy atom. The summed E-state index contributed by atoms with van der Waals surface area (Å²) in [4.78, 5) is -0.0325. The molecular formula is C13H12ClFN2O2S. The molecule has 0 fully saturated rings. The van der Waals surface area contributed by atoms with Crippen LogP contribution in [0.25, 0.3) is 0 Å². The van der Waals surface area contributed by atoms with Crippen molar-refractivity contribution in [2.45, 2.75) is 11.8 Å². The molecular weight excluding hydrogens is 303 g/mol. The third-order valence-corrected chi connectivity index (χ3v) is 4.33. The number of benzene rings is 2. The lowest BCUT2D eigenvalue weighted by molar-refractivity contribution is 0.598. The Morgan fingerprint density at radius 2 is 1.90 bits per heavy atom. The molecule has 0 saturated heterocycles. The summed E-state index contributed by atoms with van der Waals surface area (Å²) in [5, 5.41) is 0.185. The fraction of sp³-hybridized carbons (Fsp3) is 0.0769. The molecule has 0 unspecified atom stereocenters. The minimum Gasteiger partial charge on any atom is -0.398 e. The van der Waals surface area contributed by atoms with Gasteiger partial charge < -0.3 is 5.73 Å². The zero-order valence-corrected chi connectivity index (χ0v) is 12.1. The summed E-state index contributed by atoms with van der Waals surface area (Å²) in [5.74, 6) is -0.749. The number of anilines is 2. The lowest BCUT2D eigenvalue weighted by Gasteiger charge is -2.10. The van der Waals surface area contributed by atoms with Crippen LogP contribution in [-0.2, 0) is 10.0 Å². The molecule has 0 saturated carbocycles. The highest BCUT2D eigenvalue weighted by Gasteiger charge is 2.17. The molecule has 0 radical (unpaired) electrons. The Hall–Kier alpha value is -1.79. The summed E-state index contributed by atoms with van der Waals surface area (Å²) in [7, 11) is -3.90. The number of halogens is 2. The number of hydrogen-bond donors (Lipinski definition) is 2. The SMILES string of the molecule is Cc1ccc(S(=O)(=O)Nc2ccc(Cl)cc2F)cc1N. The maximum atomic E-state index is 13.6. The first-order valence-corrected chi connectivity index (χ1v) is 7.50. The number of nitrogens with one attached hydrogen (secondary N) is 1. The van der Waals surface area contributed by atoms with Crippen LogP contribution in [0.1, 0.15) is 5.56 Å². The molecule has 3 N–H and O–H groups in total. The van der Waals surface area contributed by atoms with Crippen LogP contribution >= 0.6 is 11.6 Å². The van der Waals surface area contributed by atoms with Crippen molar-refractivity contribution in [3.05, 3.63) is 52.8 Å². The molecule has 2 aromatic carbocycles. The smallest absolute Gasteiger partial charge is 0.262 e. The van der Waals surface area contributed by atoms with Crippen LogP contribution in [0.3, 0.4) is 0 Å². The van der Waals surface area contributed by atoms with Crippen LogP contribution in [0.15, 0.2) is 41.3 Å². The molecule has 0 heterocycles. The largest absolute Gasteiger partial charge is 0.398 e. The van der Waals surface area contributed by atoms with Gasteiger partial charge in [-0.2, -0.15) is 0 Å². The van der Waals surface area contributed by atoms with E-state index in [-0.39, 0.29) is 15.6 Å². The highest BCUT2D eigenvalue weighted by molar-refractivity contribution is 7.92. The van der Waals surface area contributed by atoms with E-state index in [0.29, 0.717) is 5.69 Å². The van der Waals surface area contributed by atoms with Crippen molar-refractivity contribution in [3.8, 4) is 0 Å². The first kappa shape index (κ1) is 14.6. The van der Waals surface area contributed by atoms with Gasteiger partial charge >= 0.3 is 0 Å². The number of sulfonamides is 1. The molecule has 2 rings (SSSR count). The minimum absolute atomic E-state index is 0.0325. The van der Waals surface area contributed by atoms with Gasteiger partial charge in [0.1, 0.15) is 5.82 Å². The molecule has 0 atom stereocenters. The van der Waals surface area contributed by atoms with E-state index < -0.39 is 15.8 Å². The molecule has 0 aliphatic heterocycles. The molecule has 0 aliphatic rings. The summed E-state index contributed by atoms with van der Waals surface area (Å²) in [6, 6.07) is 8.00. The van der Waals surface area contributed by atoms with Crippen LogP contribution in [0.2, 0.25) is 5.02 Å². The van der Waals surface area contributed by atoms with Gasteiger partial charge in [-0.25, -0.2) is 12.8 Å². The Labute approximate surface area is 121 Å². The molecule has 0 aromatic heterocycles. The van der Waals surface area contributed by atoms with Gasteiger partial charge in [-0.1, -0.05) is 17.7 Å². The van der Waals surface area contributed by atoms with Gasteiger partial charge in [0, 0.05) is 10.7 Å². The summed E-state index contributed by atoms with van der Waals surface area (Å²) < 4.78 is 40.0. The lowest BCUT2D eigenvalue weighted by Crippen LogP contribution is -2.14. The Bertz CT molecular complexity index is 763. The zero-order chi connectivity index (χ0) is 14.9. The molecule has 106 valence electrons. The average molecular weight is 315 g/mol. The van der Waals surface area contributed by atoms with E-state index in [2.05, 4.69) is 4.72 Å². The summed E-state index contributed by atoms with van der Waals surface area (Å²) in [5.41, 5.74) is 6.62. The van der Waals surface area contributed by atoms with Crippen LogP contribution in [-0.4, -0.2) is 8.42 Å². The number of hydrogen-bond acceptors (Lipinski definition) is 3. The van der Waals surface area contributed by atoms with E-state index in [0.717, 1.165) is 11.6 Å². The Kier molecular flexibility index (Phi) is 3.87. The number of nitrogen functional groups attached to an aromatic ring is 1. The summed E-state index contributed by atoms with van der Waals surface area (Å²) in [6.45, 7) is 1.76. The number of nitrogens with two attached hydrogens (primary N) is 1. The van der Waals surface area contributed by atoms with Crippen LogP contribution < -0.4 is 10.5 Å². The highest BCUT2D eigenvalue weighted by atomic mass is 35.5. The van der Waals surface area contributed by atoms with Crippen molar-refractivity contribution in [2.24, 2.45) is 0 Å². The molecule has 0 amide bonds. The maximum Gasteiger partial charge on any atom is 0.262 e. The minimum atomic E-state index is -3.90. The van der Waals surface area contributed by atoms with E-state index in [1.165, 1.54) is 24.3 Å². The topological polar surface area (TPSA) is 72.2 Å². The Balaban J connectivity index is 2.38. The number of aryl methyl sites for hydroxylation is 1. The second-order valence-electron chi connectivity index (χ2n) is 4.25. The van der Waals surface area contributed by atoms with Gasteiger partial charge in [0.05, 0.1) is 10.6 Å². The monoisotopic (exact) mass is 314 g/mol. The first-order chi connectivity index (χ1) is 9.29. The van der Waals surface area contributed by atoms with E-state index >= 15 is 0 Å². The molecule has 0 spiro atoms. The molecule has 0 aliphatic carbocycles. The molecule has 0 bridgehead atoms. The van der Waals surface area contributed by atoms with Gasteiger partial charge in [0.25, 0.3) is 10.0 Å². The molecule has 7 heteroatoms. The van der Waals surface area contributed by atoms with E-state index in [4.69, 9.17) is 17.3 Å². The Morgan fingerprint density at radius 1 is 1.20 bits per heavy atom. The van der Waals surface area contributed by atoms with Gasteiger partial charge in [0.2, 0.25) is 0 Å². The van der Waals surface area contributed by atoms with Crippen molar-refractivity contribution in [1.29, 1.82) is 0 Å². The fourth-order valence-corrected chi connectivity index (χ4v) is 2.82. The predicted molar refractivity (Wildman–Crippen MR) is 77.8 cm³/mol. The van der Waals surface area contributed by atoms with Crippen LogP contribution in [0.5, 0.6) is 0 Å². The van der Waals surface area contributed by atoms with E-state index in [1.807, 2.05) is 0 Å². The maximum absolute atomic E-state index is 13.6. The predicted octanol–water partition coefficient (Wildman–Crippen LogP) is 3.17. The van der Waals surface area contributed by atoms with E-state index in [1.54, 1.807) is 13.0 Å². The standard InChI is InChI=1S/C13H12ClFN2O2S/c1-8-2-4-10(7-12(8)16)20(18,19)17-13-5-3-9(14)6-11(13)15/h2-7,17H,16H2,1H3. The molecule has 4 nitrogen and oxygen atoms in total.